The molecule has 44 heavy (non-hydrogen) atoms. The first-order valence-corrected chi connectivity index (χ1v) is 14.1. The Hall–Kier alpha value is -5.33. The molecular formula is C32H26N6O6. The number of fused-ring (bicyclic) bond motifs is 5. The summed E-state index contributed by atoms with van der Waals surface area (Å²) in [6.45, 7) is 5.95. The third kappa shape index (κ3) is 4.99. The van der Waals surface area contributed by atoms with E-state index < -0.39 is 11.9 Å². The minimum atomic E-state index is -1.35. The SMILES string of the molecule is CCN=Cc1ccc(OCN2CCOCC2)c2nc3cc4cc5nc6cc(C(=O)O)c(C(=O)O)cc6nc5cc4cc3nc12. The summed E-state index contributed by atoms with van der Waals surface area (Å²) in [6, 6.07) is 13.9. The van der Waals surface area contributed by atoms with Crippen LogP contribution in [0.1, 0.15) is 33.2 Å². The van der Waals surface area contributed by atoms with Gasteiger partial charge in [-0.3, -0.25) is 9.89 Å². The molecule has 0 saturated carbocycles. The first-order chi connectivity index (χ1) is 21.4. The van der Waals surface area contributed by atoms with Gasteiger partial charge in [-0.1, -0.05) is 0 Å². The molecule has 0 atom stereocenters. The predicted octanol–water partition coefficient (Wildman–Crippen LogP) is 4.54. The molecule has 0 bridgehead atoms. The number of carbonyl (C=O) groups is 2. The number of morpholine rings is 1. The van der Waals surface area contributed by atoms with Crippen molar-refractivity contribution in [2.24, 2.45) is 4.99 Å². The van der Waals surface area contributed by atoms with Gasteiger partial charge < -0.3 is 19.7 Å². The zero-order valence-corrected chi connectivity index (χ0v) is 23.6. The Labute approximate surface area is 249 Å². The summed E-state index contributed by atoms with van der Waals surface area (Å²) >= 11 is 0. The standard InChI is InChI=1S/C32H26N6O6/c1-2-33-15-17-3-4-28(44-16-38-5-7-43-8-6-38)30-29(17)36-24-11-18-9-22-23(10-19(18)12-25(24)37-30)35-27-14-21(32(41)42)20(31(39)40)13-26(27)34-22/h3-4,9-15H,2,5-8,16H2,1H3,(H,39,40)(H,41,42). The second-order valence-corrected chi connectivity index (χ2v) is 10.5. The van der Waals surface area contributed by atoms with Crippen molar-refractivity contribution in [3.05, 3.63) is 65.2 Å². The third-order valence-corrected chi connectivity index (χ3v) is 7.61. The number of nitrogens with zero attached hydrogens (tertiary/aromatic N) is 6. The number of hydrogen-bond donors (Lipinski definition) is 2. The topological polar surface area (TPSA) is 160 Å². The zero-order chi connectivity index (χ0) is 30.4. The fourth-order valence-corrected chi connectivity index (χ4v) is 5.37. The summed E-state index contributed by atoms with van der Waals surface area (Å²) in [4.78, 5) is 49.2. The predicted molar refractivity (Wildman–Crippen MR) is 165 cm³/mol. The number of hydrogen-bond acceptors (Lipinski definition) is 10. The second-order valence-electron chi connectivity index (χ2n) is 10.5. The van der Waals surface area contributed by atoms with Crippen molar-refractivity contribution in [2.75, 3.05) is 39.6 Å². The molecule has 2 aromatic heterocycles. The molecule has 1 aliphatic heterocycles. The number of benzene rings is 4. The Morgan fingerprint density at radius 1 is 0.818 bits per heavy atom. The first kappa shape index (κ1) is 27.5. The molecule has 3 heterocycles. The number of aromatic nitrogens is 4. The van der Waals surface area contributed by atoms with Crippen LogP contribution in [0.2, 0.25) is 0 Å². The van der Waals surface area contributed by atoms with Crippen LogP contribution >= 0.6 is 0 Å². The molecule has 0 unspecified atom stereocenters. The van der Waals surface area contributed by atoms with E-state index in [0.717, 1.165) is 29.4 Å². The average molecular weight is 591 g/mol. The second kappa shape index (κ2) is 11.1. The summed E-state index contributed by atoms with van der Waals surface area (Å²) in [5.74, 6) is -2.07. The smallest absolute Gasteiger partial charge is 0.336 e. The van der Waals surface area contributed by atoms with Crippen LogP contribution in [-0.2, 0) is 4.74 Å². The highest BCUT2D eigenvalue weighted by Gasteiger charge is 2.19. The van der Waals surface area contributed by atoms with E-state index in [1.54, 1.807) is 6.21 Å². The van der Waals surface area contributed by atoms with Gasteiger partial charge in [0.2, 0.25) is 0 Å². The van der Waals surface area contributed by atoms with Crippen LogP contribution in [0, 0.1) is 0 Å². The van der Waals surface area contributed by atoms with Crippen molar-refractivity contribution < 1.29 is 29.3 Å². The largest absolute Gasteiger partial charge is 0.478 e. The molecule has 12 heteroatoms. The number of aliphatic imine (C=N–C) groups is 1. The number of carboxylic acid groups (broad SMARTS) is 2. The maximum absolute atomic E-state index is 11.7. The van der Waals surface area contributed by atoms with Gasteiger partial charge in [-0.05, 0) is 66.2 Å². The molecule has 12 nitrogen and oxygen atoms in total. The van der Waals surface area contributed by atoms with Gasteiger partial charge in [0.25, 0.3) is 0 Å². The summed E-state index contributed by atoms with van der Waals surface area (Å²) in [5, 5.41) is 20.8. The van der Waals surface area contributed by atoms with Gasteiger partial charge in [0, 0.05) is 31.4 Å². The van der Waals surface area contributed by atoms with E-state index in [2.05, 4.69) is 19.9 Å². The summed E-state index contributed by atoms with van der Waals surface area (Å²) in [6.07, 6.45) is 1.80. The van der Waals surface area contributed by atoms with Crippen molar-refractivity contribution in [1.82, 2.24) is 24.8 Å². The minimum absolute atomic E-state index is 0.286. The number of rotatable bonds is 7. The van der Waals surface area contributed by atoms with Gasteiger partial charge in [0.1, 0.15) is 23.5 Å². The molecule has 4 aromatic carbocycles. The lowest BCUT2D eigenvalue weighted by atomic mass is 10.0. The van der Waals surface area contributed by atoms with Crippen LogP contribution in [0.25, 0.3) is 54.9 Å². The lowest BCUT2D eigenvalue weighted by Crippen LogP contribution is -2.38. The van der Waals surface area contributed by atoms with E-state index in [-0.39, 0.29) is 22.2 Å². The van der Waals surface area contributed by atoms with Gasteiger partial charge in [0.15, 0.2) is 0 Å². The molecule has 0 spiro atoms. The van der Waals surface area contributed by atoms with Crippen LogP contribution < -0.4 is 4.74 Å². The first-order valence-electron chi connectivity index (χ1n) is 14.1. The van der Waals surface area contributed by atoms with Crippen LogP contribution in [0.15, 0.2) is 53.5 Å². The van der Waals surface area contributed by atoms with Crippen LogP contribution in [0.4, 0.5) is 0 Å². The molecule has 7 rings (SSSR count). The highest BCUT2D eigenvalue weighted by molar-refractivity contribution is 6.08. The highest BCUT2D eigenvalue weighted by Crippen LogP contribution is 2.31. The van der Waals surface area contributed by atoms with Crippen molar-refractivity contribution in [1.29, 1.82) is 0 Å². The van der Waals surface area contributed by atoms with E-state index >= 15 is 0 Å². The zero-order valence-electron chi connectivity index (χ0n) is 23.6. The summed E-state index contributed by atoms with van der Waals surface area (Å²) in [5.41, 5.74) is 4.43. The molecule has 220 valence electrons. The molecule has 0 amide bonds. The maximum Gasteiger partial charge on any atom is 0.336 e. The van der Waals surface area contributed by atoms with Crippen LogP contribution in [-0.4, -0.2) is 92.8 Å². The van der Waals surface area contributed by atoms with Gasteiger partial charge in [-0.2, -0.15) is 0 Å². The molecule has 0 radical (unpaired) electrons. The van der Waals surface area contributed by atoms with E-state index in [0.29, 0.717) is 65.3 Å². The highest BCUT2D eigenvalue weighted by atomic mass is 16.5. The molecule has 0 aliphatic carbocycles. The van der Waals surface area contributed by atoms with E-state index in [4.69, 9.17) is 19.4 Å². The minimum Gasteiger partial charge on any atom is -0.478 e. The Morgan fingerprint density at radius 2 is 1.34 bits per heavy atom. The van der Waals surface area contributed by atoms with Crippen molar-refractivity contribution in [3.8, 4) is 5.75 Å². The quantitative estimate of drug-likeness (QED) is 0.198. The van der Waals surface area contributed by atoms with E-state index in [1.165, 1.54) is 12.1 Å². The number of ether oxygens (including phenoxy) is 2. The molecule has 1 saturated heterocycles. The summed E-state index contributed by atoms with van der Waals surface area (Å²) < 4.78 is 11.7. The lowest BCUT2D eigenvalue weighted by Gasteiger charge is -2.26. The Bertz CT molecular complexity index is 2180. The molecule has 6 aromatic rings. The van der Waals surface area contributed by atoms with Gasteiger partial charge in [-0.15, -0.1) is 0 Å². The van der Waals surface area contributed by atoms with Crippen molar-refractivity contribution in [2.45, 2.75) is 6.92 Å². The van der Waals surface area contributed by atoms with E-state index in [9.17, 15) is 19.8 Å². The fourth-order valence-electron chi connectivity index (χ4n) is 5.37. The van der Waals surface area contributed by atoms with Gasteiger partial charge >= 0.3 is 11.9 Å². The fraction of sp³-hybridized carbons (Fsp3) is 0.219. The average Bonchev–Trinajstić information content (AvgIpc) is 3.02. The molecule has 2 N–H and O–H groups in total. The van der Waals surface area contributed by atoms with E-state index in [1.807, 2.05) is 43.3 Å². The Kier molecular flexibility index (Phi) is 6.91. The van der Waals surface area contributed by atoms with Gasteiger partial charge in [-0.25, -0.2) is 29.5 Å². The Balaban J connectivity index is 1.38. The number of carboxylic acids is 2. The van der Waals surface area contributed by atoms with Crippen LogP contribution in [0.5, 0.6) is 5.75 Å². The Morgan fingerprint density at radius 3 is 1.89 bits per heavy atom. The van der Waals surface area contributed by atoms with Gasteiger partial charge in [0.05, 0.1) is 57.4 Å². The normalized spacial score (nSPS) is 14.4. The lowest BCUT2D eigenvalue weighted by molar-refractivity contribution is 0.00439. The maximum atomic E-state index is 11.7. The third-order valence-electron chi connectivity index (χ3n) is 7.61. The molecular weight excluding hydrogens is 564 g/mol. The molecule has 1 aliphatic rings. The van der Waals surface area contributed by atoms with Crippen molar-refractivity contribution >= 4 is 73.1 Å². The molecule has 1 fully saturated rings. The van der Waals surface area contributed by atoms with Crippen LogP contribution in [0.3, 0.4) is 0 Å². The number of aromatic carboxylic acids is 2. The summed E-state index contributed by atoms with van der Waals surface area (Å²) in [7, 11) is 0. The van der Waals surface area contributed by atoms with Crippen molar-refractivity contribution in [3.63, 3.8) is 0 Å². The monoisotopic (exact) mass is 590 g/mol.